The summed E-state index contributed by atoms with van der Waals surface area (Å²) in [6.07, 6.45) is 1.43. The van der Waals surface area contributed by atoms with Gasteiger partial charge in [0.1, 0.15) is 6.33 Å². The highest BCUT2D eigenvalue weighted by Crippen LogP contribution is 2.36. The number of anilines is 2. The lowest BCUT2D eigenvalue weighted by Gasteiger charge is -2.14. The Bertz CT molecular complexity index is 929. The highest BCUT2D eigenvalue weighted by atomic mass is 79.9. The van der Waals surface area contributed by atoms with Crippen molar-refractivity contribution in [3.8, 4) is 11.5 Å². The molecule has 0 aliphatic rings. The molecule has 0 aliphatic heterocycles. The minimum atomic E-state index is -0.256. The molecule has 0 radical (unpaired) electrons. The summed E-state index contributed by atoms with van der Waals surface area (Å²) < 4.78 is 11.8. The Balaban J connectivity index is 1.62. The first-order chi connectivity index (χ1) is 13.5. The van der Waals surface area contributed by atoms with Crippen molar-refractivity contribution in [2.24, 2.45) is 0 Å². The number of H-pyrrole nitrogens is 1. The summed E-state index contributed by atoms with van der Waals surface area (Å²) >= 11 is 3.48. The largest absolute Gasteiger partial charge is 0.493 e. The van der Waals surface area contributed by atoms with Gasteiger partial charge < -0.3 is 20.1 Å². The summed E-state index contributed by atoms with van der Waals surface area (Å²) in [5, 5.41) is 12.4. The van der Waals surface area contributed by atoms with Crippen LogP contribution in [0.15, 0.2) is 47.2 Å². The summed E-state index contributed by atoms with van der Waals surface area (Å²) in [4.78, 5) is 16.2. The third-order valence-corrected chi connectivity index (χ3v) is 4.44. The highest BCUT2D eigenvalue weighted by molar-refractivity contribution is 9.10. The van der Waals surface area contributed by atoms with Crippen LogP contribution in [0, 0.1) is 6.92 Å². The normalized spacial score (nSPS) is 10.4. The van der Waals surface area contributed by atoms with Crippen LogP contribution in [0.2, 0.25) is 0 Å². The van der Waals surface area contributed by atoms with Crippen LogP contribution in [0.4, 0.5) is 11.6 Å². The van der Waals surface area contributed by atoms with Crippen molar-refractivity contribution in [3.63, 3.8) is 0 Å². The third-order valence-electron chi connectivity index (χ3n) is 3.85. The summed E-state index contributed by atoms with van der Waals surface area (Å²) in [7, 11) is 1.55. The van der Waals surface area contributed by atoms with E-state index in [1.165, 1.54) is 6.33 Å². The number of aromatic amines is 1. The minimum absolute atomic E-state index is 0.140. The molecule has 1 heterocycles. The number of rotatable bonds is 8. The van der Waals surface area contributed by atoms with E-state index in [2.05, 4.69) is 41.7 Å². The van der Waals surface area contributed by atoms with Crippen LogP contribution in [0.25, 0.3) is 0 Å². The molecule has 3 rings (SSSR count). The van der Waals surface area contributed by atoms with Crippen LogP contribution in [0.5, 0.6) is 11.5 Å². The van der Waals surface area contributed by atoms with Crippen molar-refractivity contribution >= 4 is 33.5 Å². The highest BCUT2D eigenvalue weighted by Gasteiger charge is 2.14. The second-order valence-electron chi connectivity index (χ2n) is 6.00. The van der Waals surface area contributed by atoms with Gasteiger partial charge in [0.25, 0.3) is 5.91 Å². The zero-order valence-electron chi connectivity index (χ0n) is 15.5. The van der Waals surface area contributed by atoms with Crippen molar-refractivity contribution < 1.29 is 14.3 Å². The lowest BCUT2D eigenvalue weighted by molar-refractivity contribution is -0.118. The van der Waals surface area contributed by atoms with Crippen LogP contribution in [0.3, 0.4) is 0 Å². The van der Waals surface area contributed by atoms with Gasteiger partial charge in [0.05, 0.1) is 11.6 Å². The van der Waals surface area contributed by atoms with E-state index in [9.17, 15) is 4.79 Å². The molecular weight excluding hydrogens is 426 g/mol. The topological polar surface area (TPSA) is 101 Å². The van der Waals surface area contributed by atoms with Gasteiger partial charge in [0, 0.05) is 12.2 Å². The lowest BCUT2D eigenvalue weighted by Crippen LogP contribution is -2.20. The molecule has 1 aromatic heterocycles. The Kier molecular flexibility index (Phi) is 6.49. The van der Waals surface area contributed by atoms with Crippen molar-refractivity contribution in [2.75, 3.05) is 24.4 Å². The van der Waals surface area contributed by atoms with Gasteiger partial charge in [0.15, 0.2) is 18.1 Å². The number of nitrogens with zero attached hydrogens (tertiary/aromatic N) is 2. The van der Waals surface area contributed by atoms with E-state index in [4.69, 9.17) is 9.47 Å². The molecule has 1 amide bonds. The molecule has 0 fully saturated rings. The van der Waals surface area contributed by atoms with Gasteiger partial charge >= 0.3 is 0 Å². The van der Waals surface area contributed by atoms with Crippen molar-refractivity contribution in [2.45, 2.75) is 13.5 Å². The number of methoxy groups -OCH3 is 1. The van der Waals surface area contributed by atoms with Gasteiger partial charge in [-0.15, -0.1) is 0 Å². The van der Waals surface area contributed by atoms with Crippen molar-refractivity contribution in [1.82, 2.24) is 15.2 Å². The zero-order valence-corrected chi connectivity index (χ0v) is 17.0. The smallest absolute Gasteiger partial charge is 0.262 e. The van der Waals surface area contributed by atoms with Crippen molar-refractivity contribution in [1.29, 1.82) is 0 Å². The number of hydrogen-bond acceptors (Lipinski definition) is 6. The van der Waals surface area contributed by atoms with Crippen LogP contribution in [-0.2, 0) is 11.3 Å². The summed E-state index contributed by atoms with van der Waals surface area (Å²) in [5.41, 5.74) is 2.79. The second kappa shape index (κ2) is 9.23. The fraction of sp³-hybridized carbons (Fsp3) is 0.211. The number of ether oxygens (including phenoxy) is 2. The van der Waals surface area contributed by atoms with E-state index in [1.54, 1.807) is 7.11 Å². The molecule has 0 bridgehead atoms. The van der Waals surface area contributed by atoms with E-state index < -0.39 is 0 Å². The maximum atomic E-state index is 12.2. The Labute approximate surface area is 170 Å². The first-order valence-corrected chi connectivity index (χ1v) is 9.29. The standard InChI is InChI=1S/C19H20BrN5O3/c1-12-3-5-14(6-4-12)24-17(26)10-28-18-15(20)7-13(8-16(18)27-2)9-21-19-22-11-23-25-19/h3-8,11H,9-10H2,1-2H3,(H,24,26)(H2,21,22,23,25). The quantitative estimate of drug-likeness (QED) is 0.490. The fourth-order valence-electron chi connectivity index (χ4n) is 2.46. The number of nitrogens with one attached hydrogen (secondary N) is 3. The Hall–Kier alpha value is -3.07. The van der Waals surface area contributed by atoms with E-state index in [-0.39, 0.29) is 12.5 Å². The van der Waals surface area contributed by atoms with Crippen LogP contribution in [0.1, 0.15) is 11.1 Å². The van der Waals surface area contributed by atoms with Gasteiger partial charge in [-0.2, -0.15) is 5.10 Å². The third kappa shape index (κ3) is 5.23. The average Bonchev–Trinajstić information content (AvgIpc) is 3.20. The minimum Gasteiger partial charge on any atom is -0.493 e. The maximum absolute atomic E-state index is 12.2. The number of carbonyl (C=O) groups is 1. The predicted octanol–water partition coefficient (Wildman–Crippen LogP) is 3.51. The molecule has 0 aliphatic carbocycles. The molecule has 3 N–H and O–H groups in total. The molecule has 28 heavy (non-hydrogen) atoms. The zero-order chi connectivity index (χ0) is 19.9. The Morgan fingerprint density at radius 3 is 2.71 bits per heavy atom. The van der Waals surface area contributed by atoms with Gasteiger partial charge in [0.2, 0.25) is 5.95 Å². The number of carbonyl (C=O) groups excluding carboxylic acids is 1. The lowest BCUT2D eigenvalue weighted by atomic mass is 10.2. The van der Waals surface area contributed by atoms with Crippen LogP contribution < -0.4 is 20.1 Å². The molecule has 0 saturated carbocycles. The first-order valence-electron chi connectivity index (χ1n) is 8.50. The van der Waals surface area contributed by atoms with E-state index in [1.807, 2.05) is 43.3 Å². The van der Waals surface area contributed by atoms with Crippen LogP contribution in [-0.4, -0.2) is 34.8 Å². The second-order valence-corrected chi connectivity index (χ2v) is 6.85. The maximum Gasteiger partial charge on any atom is 0.262 e. The Morgan fingerprint density at radius 2 is 2.04 bits per heavy atom. The summed E-state index contributed by atoms with van der Waals surface area (Å²) in [5.74, 6) is 1.30. The van der Waals surface area contributed by atoms with E-state index in [0.717, 1.165) is 16.8 Å². The Morgan fingerprint density at radius 1 is 1.25 bits per heavy atom. The molecule has 8 nitrogen and oxygen atoms in total. The van der Waals surface area contributed by atoms with Gasteiger partial charge in [-0.25, -0.2) is 10.1 Å². The fourth-order valence-corrected chi connectivity index (χ4v) is 3.07. The molecule has 0 saturated heterocycles. The summed E-state index contributed by atoms with van der Waals surface area (Å²) in [6.45, 7) is 2.36. The van der Waals surface area contributed by atoms with Gasteiger partial charge in [-0.1, -0.05) is 17.7 Å². The average molecular weight is 446 g/mol. The van der Waals surface area contributed by atoms with Gasteiger partial charge in [-0.05, 0) is 52.7 Å². The number of hydrogen-bond donors (Lipinski definition) is 3. The molecule has 9 heteroatoms. The monoisotopic (exact) mass is 445 g/mol. The van der Waals surface area contributed by atoms with Crippen LogP contribution >= 0.6 is 15.9 Å². The number of halogens is 1. The summed E-state index contributed by atoms with van der Waals surface area (Å²) in [6, 6.07) is 11.3. The number of aromatic nitrogens is 3. The SMILES string of the molecule is COc1cc(CNc2ncn[nH]2)cc(Br)c1OCC(=O)Nc1ccc(C)cc1. The molecule has 2 aromatic carbocycles. The molecule has 0 atom stereocenters. The van der Waals surface area contributed by atoms with E-state index in [0.29, 0.717) is 28.5 Å². The molecular formula is C19H20BrN5O3. The first kappa shape index (κ1) is 19.7. The van der Waals surface area contributed by atoms with Gasteiger partial charge in [-0.3, -0.25) is 4.79 Å². The van der Waals surface area contributed by atoms with Crippen molar-refractivity contribution in [3.05, 3.63) is 58.3 Å². The predicted molar refractivity (Wildman–Crippen MR) is 110 cm³/mol. The van der Waals surface area contributed by atoms with E-state index >= 15 is 0 Å². The molecule has 146 valence electrons. The molecule has 3 aromatic rings. The number of benzene rings is 2. The molecule has 0 unspecified atom stereocenters. The number of amides is 1. The number of aryl methyl sites for hydroxylation is 1. The molecule has 0 spiro atoms.